The van der Waals surface area contributed by atoms with Gasteiger partial charge in [0.15, 0.2) is 5.82 Å². The van der Waals surface area contributed by atoms with Crippen molar-refractivity contribution in [2.75, 3.05) is 18.4 Å². The zero-order valence-corrected chi connectivity index (χ0v) is 8.46. The number of carbonyl (C=O) groups is 1. The van der Waals surface area contributed by atoms with Gasteiger partial charge in [0.25, 0.3) is 0 Å². The molecule has 0 saturated carbocycles. The summed E-state index contributed by atoms with van der Waals surface area (Å²) in [6, 6.07) is 0. The molecule has 0 fully saturated rings. The highest BCUT2D eigenvalue weighted by atomic mass is 19.1. The van der Waals surface area contributed by atoms with E-state index in [0.29, 0.717) is 6.54 Å². The third kappa shape index (κ3) is 4.35. The number of amides is 1. The van der Waals surface area contributed by atoms with Crippen LogP contribution in [0.2, 0.25) is 0 Å². The molecule has 0 aliphatic carbocycles. The SMILES string of the molecule is CCCNC(=O)CNc1ncc(F)cn1. The van der Waals surface area contributed by atoms with Crippen molar-refractivity contribution in [2.45, 2.75) is 13.3 Å². The van der Waals surface area contributed by atoms with Crippen LogP contribution >= 0.6 is 0 Å². The van der Waals surface area contributed by atoms with Crippen molar-refractivity contribution in [3.8, 4) is 0 Å². The van der Waals surface area contributed by atoms with Gasteiger partial charge in [-0.15, -0.1) is 0 Å². The maximum Gasteiger partial charge on any atom is 0.239 e. The van der Waals surface area contributed by atoms with Crippen molar-refractivity contribution in [1.82, 2.24) is 15.3 Å². The van der Waals surface area contributed by atoms with E-state index in [1.54, 1.807) is 0 Å². The molecule has 0 bridgehead atoms. The molecule has 1 heterocycles. The quantitative estimate of drug-likeness (QED) is 0.748. The Hall–Kier alpha value is -1.72. The summed E-state index contributed by atoms with van der Waals surface area (Å²) in [4.78, 5) is 18.4. The van der Waals surface area contributed by atoms with Gasteiger partial charge in [-0.25, -0.2) is 14.4 Å². The molecule has 0 unspecified atom stereocenters. The molecule has 0 saturated heterocycles. The second-order valence-corrected chi connectivity index (χ2v) is 2.93. The topological polar surface area (TPSA) is 66.9 Å². The zero-order chi connectivity index (χ0) is 11.1. The summed E-state index contributed by atoms with van der Waals surface area (Å²) in [5, 5.41) is 5.36. The zero-order valence-electron chi connectivity index (χ0n) is 8.46. The van der Waals surface area contributed by atoms with Crippen molar-refractivity contribution in [3.05, 3.63) is 18.2 Å². The van der Waals surface area contributed by atoms with E-state index in [2.05, 4.69) is 20.6 Å². The first-order valence-electron chi connectivity index (χ1n) is 4.70. The minimum Gasteiger partial charge on any atom is -0.355 e. The Kier molecular flexibility index (Phi) is 4.46. The highest BCUT2D eigenvalue weighted by Gasteiger charge is 2.01. The van der Waals surface area contributed by atoms with Crippen LogP contribution in [0.25, 0.3) is 0 Å². The number of carbonyl (C=O) groups excluding carboxylic acids is 1. The fourth-order valence-corrected chi connectivity index (χ4v) is 0.890. The highest BCUT2D eigenvalue weighted by Crippen LogP contribution is 1.96. The van der Waals surface area contributed by atoms with Crippen molar-refractivity contribution in [1.29, 1.82) is 0 Å². The summed E-state index contributed by atoms with van der Waals surface area (Å²) in [5.41, 5.74) is 0. The fourth-order valence-electron chi connectivity index (χ4n) is 0.890. The number of rotatable bonds is 5. The van der Waals surface area contributed by atoms with Gasteiger partial charge >= 0.3 is 0 Å². The summed E-state index contributed by atoms with van der Waals surface area (Å²) in [7, 11) is 0. The number of halogens is 1. The fraction of sp³-hybridized carbons (Fsp3) is 0.444. The summed E-state index contributed by atoms with van der Waals surface area (Å²) in [6.45, 7) is 2.70. The van der Waals surface area contributed by atoms with E-state index >= 15 is 0 Å². The Bertz CT molecular complexity index is 314. The molecule has 0 atom stereocenters. The molecule has 1 rings (SSSR count). The minimum absolute atomic E-state index is 0.0889. The van der Waals surface area contributed by atoms with Gasteiger partial charge in [0.05, 0.1) is 18.9 Å². The van der Waals surface area contributed by atoms with Gasteiger partial charge in [0.2, 0.25) is 11.9 Å². The summed E-state index contributed by atoms with van der Waals surface area (Å²) < 4.78 is 12.4. The van der Waals surface area contributed by atoms with E-state index in [9.17, 15) is 9.18 Å². The smallest absolute Gasteiger partial charge is 0.239 e. The predicted octanol–water partition coefficient (Wildman–Crippen LogP) is 0.554. The first kappa shape index (κ1) is 11.4. The summed E-state index contributed by atoms with van der Waals surface area (Å²) in [5.74, 6) is -0.399. The number of hydrogen-bond donors (Lipinski definition) is 2. The molecule has 0 radical (unpaired) electrons. The van der Waals surface area contributed by atoms with Gasteiger partial charge in [-0.1, -0.05) is 6.92 Å². The van der Waals surface area contributed by atoms with E-state index < -0.39 is 5.82 Å². The lowest BCUT2D eigenvalue weighted by Crippen LogP contribution is -2.30. The molecule has 6 heteroatoms. The molecule has 5 nitrogen and oxygen atoms in total. The van der Waals surface area contributed by atoms with Crippen LogP contribution in [0.4, 0.5) is 10.3 Å². The molecule has 0 aliphatic rings. The van der Waals surface area contributed by atoms with Gasteiger partial charge in [-0.05, 0) is 6.42 Å². The lowest BCUT2D eigenvalue weighted by Gasteiger charge is -2.04. The van der Waals surface area contributed by atoms with Crippen LogP contribution in [0.15, 0.2) is 12.4 Å². The second kappa shape index (κ2) is 5.90. The van der Waals surface area contributed by atoms with Crippen LogP contribution < -0.4 is 10.6 Å². The molecule has 2 N–H and O–H groups in total. The molecule has 0 aliphatic heterocycles. The van der Waals surface area contributed by atoms with Gasteiger partial charge in [-0.2, -0.15) is 0 Å². The molecular formula is C9H13FN4O. The molecular weight excluding hydrogens is 199 g/mol. The van der Waals surface area contributed by atoms with Crippen LogP contribution in [-0.4, -0.2) is 29.0 Å². The minimum atomic E-state index is -0.504. The summed E-state index contributed by atoms with van der Waals surface area (Å²) in [6.07, 6.45) is 2.97. The van der Waals surface area contributed by atoms with E-state index in [0.717, 1.165) is 18.8 Å². The van der Waals surface area contributed by atoms with Gasteiger partial charge in [-0.3, -0.25) is 4.79 Å². The number of hydrogen-bond acceptors (Lipinski definition) is 4. The third-order valence-electron chi connectivity index (χ3n) is 1.60. The van der Waals surface area contributed by atoms with Crippen molar-refractivity contribution in [3.63, 3.8) is 0 Å². The van der Waals surface area contributed by atoms with E-state index in [-0.39, 0.29) is 18.4 Å². The first-order chi connectivity index (χ1) is 7.22. The monoisotopic (exact) mass is 212 g/mol. The average Bonchev–Trinajstić information content (AvgIpc) is 2.25. The Morgan fingerprint density at radius 2 is 2.13 bits per heavy atom. The molecule has 15 heavy (non-hydrogen) atoms. The van der Waals surface area contributed by atoms with Crippen LogP contribution in [0.5, 0.6) is 0 Å². The van der Waals surface area contributed by atoms with E-state index in [4.69, 9.17) is 0 Å². The molecule has 1 amide bonds. The highest BCUT2D eigenvalue weighted by molar-refractivity contribution is 5.80. The van der Waals surface area contributed by atoms with Crippen LogP contribution in [0.3, 0.4) is 0 Å². The summed E-state index contributed by atoms with van der Waals surface area (Å²) >= 11 is 0. The first-order valence-corrected chi connectivity index (χ1v) is 4.70. The Balaban J connectivity index is 2.30. The molecule has 1 aromatic heterocycles. The molecule has 1 aromatic rings. The van der Waals surface area contributed by atoms with Crippen LogP contribution in [-0.2, 0) is 4.79 Å². The molecule has 0 aromatic carbocycles. The largest absolute Gasteiger partial charge is 0.355 e. The average molecular weight is 212 g/mol. The van der Waals surface area contributed by atoms with Crippen molar-refractivity contribution in [2.24, 2.45) is 0 Å². The number of nitrogens with one attached hydrogen (secondary N) is 2. The molecule has 82 valence electrons. The number of aromatic nitrogens is 2. The van der Waals surface area contributed by atoms with Crippen molar-refractivity contribution >= 4 is 11.9 Å². The van der Waals surface area contributed by atoms with Gasteiger partial charge in [0, 0.05) is 6.54 Å². The van der Waals surface area contributed by atoms with E-state index in [1.165, 1.54) is 0 Å². The number of nitrogens with zero attached hydrogens (tertiary/aromatic N) is 2. The standard InChI is InChI=1S/C9H13FN4O/c1-2-3-11-8(15)6-14-9-12-4-7(10)5-13-9/h4-5H,2-3,6H2,1H3,(H,11,15)(H,12,13,14). The van der Waals surface area contributed by atoms with Crippen LogP contribution in [0, 0.1) is 5.82 Å². The maximum atomic E-state index is 12.4. The van der Waals surface area contributed by atoms with Gasteiger partial charge < -0.3 is 10.6 Å². The number of anilines is 1. The van der Waals surface area contributed by atoms with Gasteiger partial charge in [0.1, 0.15) is 0 Å². The normalized spacial score (nSPS) is 9.73. The Morgan fingerprint density at radius 3 is 2.73 bits per heavy atom. The lowest BCUT2D eigenvalue weighted by atomic mass is 10.4. The second-order valence-electron chi connectivity index (χ2n) is 2.93. The third-order valence-corrected chi connectivity index (χ3v) is 1.60. The lowest BCUT2D eigenvalue weighted by molar-refractivity contribution is -0.119. The predicted molar refractivity (Wildman–Crippen MR) is 53.8 cm³/mol. The molecule has 0 spiro atoms. The van der Waals surface area contributed by atoms with Crippen LogP contribution in [0.1, 0.15) is 13.3 Å². The Labute approximate surface area is 87.1 Å². The Morgan fingerprint density at radius 1 is 1.47 bits per heavy atom. The van der Waals surface area contributed by atoms with Crippen molar-refractivity contribution < 1.29 is 9.18 Å². The van der Waals surface area contributed by atoms with E-state index in [1.807, 2.05) is 6.92 Å². The maximum absolute atomic E-state index is 12.4.